The van der Waals surface area contributed by atoms with E-state index in [1.54, 1.807) is 6.26 Å². The summed E-state index contributed by atoms with van der Waals surface area (Å²) in [6, 6.07) is 12.5. The first-order valence-corrected chi connectivity index (χ1v) is 5.65. The molecule has 1 aromatic carbocycles. The van der Waals surface area contributed by atoms with Gasteiger partial charge in [-0.25, -0.2) is 0 Å². The van der Waals surface area contributed by atoms with E-state index in [-0.39, 0.29) is 6.04 Å². The third-order valence-corrected chi connectivity index (χ3v) is 2.74. The summed E-state index contributed by atoms with van der Waals surface area (Å²) in [5.74, 6) is 0.969. The molecule has 84 valence electrons. The normalized spacial score (nSPS) is 12.6. The third kappa shape index (κ3) is 2.17. The van der Waals surface area contributed by atoms with Crippen LogP contribution in [0.25, 0.3) is 0 Å². The highest BCUT2D eigenvalue weighted by atomic mass is 16.3. The van der Waals surface area contributed by atoms with Crippen molar-refractivity contribution in [2.45, 2.75) is 19.9 Å². The Morgan fingerprint density at radius 3 is 2.62 bits per heavy atom. The van der Waals surface area contributed by atoms with Crippen molar-refractivity contribution >= 4 is 0 Å². The fourth-order valence-electron chi connectivity index (χ4n) is 1.93. The van der Waals surface area contributed by atoms with E-state index < -0.39 is 0 Å². The molecule has 0 aliphatic heterocycles. The Kier molecular flexibility index (Phi) is 3.42. The minimum Gasteiger partial charge on any atom is -0.467 e. The predicted molar refractivity (Wildman–Crippen MR) is 65.4 cm³/mol. The van der Waals surface area contributed by atoms with Crippen molar-refractivity contribution in [3.8, 4) is 0 Å². The fourth-order valence-corrected chi connectivity index (χ4v) is 1.93. The van der Waals surface area contributed by atoms with Crippen LogP contribution in [0.5, 0.6) is 0 Å². The lowest BCUT2D eigenvalue weighted by molar-refractivity contribution is 0.451. The van der Waals surface area contributed by atoms with Gasteiger partial charge >= 0.3 is 0 Å². The van der Waals surface area contributed by atoms with Crippen molar-refractivity contribution < 1.29 is 4.42 Å². The van der Waals surface area contributed by atoms with Crippen molar-refractivity contribution in [1.82, 2.24) is 5.32 Å². The molecule has 2 nitrogen and oxygen atoms in total. The molecule has 1 heterocycles. The van der Waals surface area contributed by atoms with E-state index >= 15 is 0 Å². The minimum atomic E-state index is 0.154. The molecule has 0 fully saturated rings. The van der Waals surface area contributed by atoms with Crippen LogP contribution < -0.4 is 5.32 Å². The molecular weight excluding hydrogens is 198 g/mol. The van der Waals surface area contributed by atoms with Crippen molar-refractivity contribution in [3.05, 3.63) is 59.5 Å². The van der Waals surface area contributed by atoms with E-state index in [1.807, 2.05) is 12.1 Å². The fraction of sp³-hybridized carbons (Fsp3) is 0.286. The molecule has 0 bridgehead atoms. The summed E-state index contributed by atoms with van der Waals surface area (Å²) in [6.45, 7) is 5.15. The number of aryl methyl sites for hydroxylation is 1. The first-order chi connectivity index (χ1) is 7.83. The second-order valence-corrected chi connectivity index (χ2v) is 3.86. The van der Waals surface area contributed by atoms with E-state index in [2.05, 4.69) is 43.4 Å². The Balaban J connectivity index is 2.37. The van der Waals surface area contributed by atoms with Crippen molar-refractivity contribution in [3.63, 3.8) is 0 Å². The summed E-state index contributed by atoms with van der Waals surface area (Å²) < 4.78 is 5.50. The highest BCUT2D eigenvalue weighted by Gasteiger charge is 2.16. The zero-order valence-corrected chi connectivity index (χ0v) is 9.73. The van der Waals surface area contributed by atoms with Crippen LogP contribution in [-0.2, 0) is 0 Å². The Bertz CT molecular complexity index is 434. The minimum absolute atomic E-state index is 0.154. The van der Waals surface area contributed by atoms with Crippen LogP contribution in [0.4, 0.5) is 0 Å². The molecule has 0 radical (unpaired) electrons. The van der Waals surface area contributed by atoms with Crippen LogP contribution in [0.2, 0.25) is 0 Å². The smallest absolute Gasteiger partial charge is 0.125 e. The number of rotatable bonds is 4. The molecule has 0 aliphatic rings. The third-order valence-electron chi connectivity index (χ3n) is 2.74. The first-order valence-electron chi connectivity index (χ1n) is 5.65. The van der Waals surface area contributed by atoms with Gasteiger partial charge in [0.15, 0.2) is 0 Å². The molecule has 0 saturated carbocycles. The average Bonchev–Trinajstić information content (AvgIpc) is 2.80. The zero-order valence-electron chi connectivity index (χ0n) is 9.73. The summed E-state index contributed by atoms with van der Waals surface area (Å²) in [7, 11) is 0. The van der Waals surface area contributed by atoms with Gasteiger partial charge in [0.1, 0.15) is 5.76 Å². The van der Waals surface area contributed by atoms with Gasteiger partial charge in [-0.1, -0.05) is 31.2 Å². The number of hydrogen-bond acceptors (Lipinski definition) is 2. The standard InChI is InChI=1S/C14H17NO/c1-3-15-14(13-9-6-10-16-13)12-8-5-4-7-11(12)2/h4-10,14-15H,3H2,1-2H3. The van der Waals surface area contributed by atoms with Crippen LogP contribution in [-0.4, -0.2) is 6.54 Å². The molecule has 0 aliphatic carbocycles. The van der Waals surface area contributed by atoms with Crippen LogP contribution in [0.3, 0.4) is 0 Å². The number of hydrogen-bond donors (Lipinski definition) is 1. The maximum Gasteiger partial charge on any atom is 0.125 e. The Morgan fingerprint density at radius 2 is 2.00 bits per heavy atom. The Labute approximate surface area is 96.3 Å². The zero-order chi connectivity index (χ0) is 11.4. The highest BCUT2D eigenvalue weighted by molar-refractivity contribution is 5.33. The molecule has 2 heteroatoms. The van der Waals surface area contributed by atoms with Crippen LogP contribution >= 0.6 is 0 Å². The molecule has 1 aromatic heterocycles. The summed E-state index contributed by atoms with van der Waals surface area (Å²) in [5.41, 5.74) is 2.56. The second kappa shape index (κ2) is 4.99. The lowest BCUT2D eigenvalue weighted by Gasteiger charge is -2.18. The monoisotopic (exact) mass is 215 g/mol. The van der Waals surface area contributed by atoms with E-state index in [9.17, 15) is 0 Å². The van der Waals surface area contributed by atoms with Gasteiger partial charge in [0.25, 0.3) is 0 Å². The first kappa shape index (κ1) is 11.0. The molecular formula is C14H17NO. The van der Waals surface area contributed by atoms with Gasteiger partial charge < -0.3 is 9.73 Å². The van der Waals surface area contributed by atoms with Gasteiger partial charge in [-0.2, -0.15) is 0 Å². The maximum atomic E-state index is 5.50. The Morgan fingerprint density at radius 1 is 1.19 bits per heavy atom. The largest absolute Gasteiger partial charge is 0.467 e. The van der Waals surface area contributed by atoms with Gasteiger partial charge in [0.05, 0.1) is 12.3 Å². The summed E-state index contributed by atoms with van der Waals surface area (Å²) >= 11 is 0. The molecule has 1 N–H and O–H groups in total. The quantitative estimate of drug-likeness (QED) is 0.846. The van der Waals surface area contributed by atoms with E-state index in [0.717, 1.165) is 12.3 Å². The molecule has 2 aromatic rings. The number of nitrogens with one attached hydrogen (secondary N) is 1. The summed E-state index contributed by atoms with van der Waals surface area (Å²) in [4.78, 5) is 0. The molecule has 1 unspecified atom stereocenters. The lowest BCUT2D eigenvalue weighted by Crippen LogP contribution is -2.22. The van der Waals surface area contributed by atoms with Gasteiger partial charge in [0.2, 0.25) is 0 Å². The van der Waals surface area contributed by atoms with E-state index in [0.29, 0.717) is 0 Å². The molecule has 0 saturated heterocycles. The SMILES string of the molecule is CCNC(c1ccco1)c1ccccc1C. The average molecular weight is 215 g/mol. The summed E-state index contributed by atoms with van der Waals surface area (Å²) in [6.07, 6.45) is 1.72. The molecule has 0 amide bonds. The molecule has 2 rings (SSSR count). The van der Waals surface area contributed by atoms with Gasteiger partial charge in [-0.05, 0) is 36.7 Å². The van der Waals surface area contributed by atoms with E-state index in [4.69, 9.17) is 4.42 Å². The number of benzene rings is 1. The summed E-state index contributed by atoms with van der Waals surface area (Å²) in [5, 5.41) is 3.45. The van der Waals surface area contributed by atoms with Crippen LogP contribution in [0.1, 0.15) is 29.9 Å². The van der Waals surface area contributed by atoms with Crippen LogP contribution in [0, 0.1) is 6.92 Å². The van der Waals surface area contributed by atoms with Crippen molar-refractivity contribution in [1.29, 1.82) is 0 Å². The molecule has 1 atom stereocenters. The van der Waals surface area contributed by atoms with Crippen molar-refractivity contribution in [2.75, 3.05) is 6.54 Å². The Hall–Kier alpha value is -1.54. The predicted octanol–water partition coefficient (Wildman–Crippen LogP) is 3.29. The van der Waals surface area contributed by atoms with E-state index in [1.165, 1.54) is 11.1 Å². The topological polar surface area (TPSA) is 25.2 Å². The van der Waals surface area contributed by atoms with Gasteiger partial charge in [-0.15, -0.1) is 0 Å². The van der Waals surface area contributed by atoms with Crippen molar-refractivity contribution in [2.24, 2.45) is 0 Å². The maximum absolute atomic E-state index is 5.50. The van der Waals surface area contributed by atoms with Gasteiger partial charge in [-0.3, -0.25) is 0 Å². The molecule has 16 heavy (non-hydrogen) atoms. The molecule has 0 spiro atoms. The highest BCUT2D eigenvalue weighted by Crippen LogP contribution is 2.24. The van der Waals surface area contributed by atoms with Gasteiger partial charge in [0, 0.05) is 0 Å². The lowest BCUT2D eigenvalue weighted by atomic mass is 9.99. The van der Waals surface area contributed by atoms with Crippen LogP contribution in [0.15, 0.2) is 47.1 Å². The number of furan rings is 1. The second-order valence-electron chi connectivity index (χ2n) is 3.86.